The molecule has 0 atom stereocenters. The summed E-state index contributed by atoms with van der Waals surface area (Å²) < 4.78 is 40.0. The van der Waals surface area contributed by atoms with Gasteiger partial charge in [0.15, 0.2) is 0 Å². The number of aromatic nitrogens is 1. The molecule has 0 fully saturated rings. The summed E-state index contributed by atoms with van der Waals surface area (Å²) in [5.74, 6) is 0.184. The highest BCUT2D eigenvalue weighted by Crippen LogP contribution is 2.18. The fraction of sp³-hybridized carbons (Fsp3) is 0.312. The third kappa shape index (κ3) is 5.32. The molecule has 1 aromatic heterocycles. The predicted molar refractivity (Wildman–Crippen MR) is 95.7 cm³/mol. The van der Waals surface area contributed by atoms with Crippen LogP contribution in [-0.4, -0.2) is 38.2 Å². The number of nitrogens with one attached hydrogen (secondary N) is 2. The average Bonchev–Trinajstić information content (AvgIpc) is 2.99. The molecular weight excluding hydrogens is 365 g/mol. The number of rotatable bonds is 8. The van der Waals surface area contributed by atoms with E-state index in [0.717, 1.165) is 17.1 Å². The number of carbonyl (C=O) groups excluding carboxylic acids is 1. The van der Waals surface area contributed by atoms with Gasteiger partial charge in [-0.25, -0.2) is 17.5 Å². The highest BCUT2D eigenvalue weighted by atomic mass is 32.2. The van der Waals surface area contributed by atoms with E-state index in [1.807, 2.05) is 0 Å². The second-order valence-electron chi connectivity index (χ2n) is 5.29. The highest BCUT2D eigenvalue weighted by Gasteiger charge is 2.18. The molecule has 9 heteroatoms. The van der Waals surface area contributed by atoms with Crippen molar-refractivity contribution in [3.05, 3.63) is 48.0 Å². The monoisotopic (exact) mass is 385 g/mol. The largest absolute Gasteiger partial charge is 0.351 e. The molecule has 0 radical (unpaired) electrons. The number of thioether (sulfide) groups is 1. The third-order valence-corrected chi connectivity index (χ3v) is 5.96. The van der Waals surface area contributed by atoms with E-state index in [-0.39, 0.29) is 22.3 Å². The summed E-state index contributed by atoms with van der Waals surface area (Å²) >= 11 is 1.58. The molecule has 1 heterocycles. The second kappa shape index (κ2) is 8.50. The zero-order valence-electron chi connectivity index (χ0n) is 14.0. The summed E-state index contributed by atoms with van der Waals surface area (Å²) in [4.78, 5) is 13.2. The van der Waals surface area contributed by atoms with E-state index < -0.39 is 10.0 Å². The van der Waals surface area contributed by atoms with Gasteiger partial charge >= 0.3 is 0 Å². The van der Waals surface area contributed by atoms with Crippen LogP contribution in [0.4, 0.5) is 4.39 Å². The first-order valence-electron chi connectivity index (χ1n) is 7.60. The Morgan fingerprint density at radius 2 is 1.96 bits per heavy atom. The Labute approximate surface area is 150 Å². The molecule has 6 nitrogen and oxygen atoms in total. The number of benzene rings is 1. The summed E-state index contributed by atoms with van der Waals surface area (Å²) in [6.07, 6.45) is 2.13. The number of hydrogen-bond acceptors (Lipinski definition) is 4. The van der Waals surface area contributed by atoms with Crippen LogP contribution in [-0.2, 0) is 17.1 Å². The summed E-state index contributed by atoms with van der Waals surface area (Å²) in [5, 5.41) is 2.77. The number of nitrogens with zero attached hydrogens (tertiary/aromatic N) is 1. The van der Waals surface area contributed by atoms with Crippen molar-refractivity contribution in [3.63, 3.8) is 0 Å². The molecule has 1 amide bonds. The standard InChI is InChI=1S/C16H20FN3O3S2/c1-18-25(22,23)14-10-15(20(2)11-14)16(21)19-8-3-9-24-13-6-4-12(17)5-7-13/h4-7,10-11,18H,3,8-9H2,1-2H3,(H,19,21). The van der Waals surface area contributed by atoms with E-state index in [0.29, 0.717) is 6.54 Å². The second-order valence-corrected chi connectivity index (χ2v) is 8.35. The van der Waals surface area contributed by atoms with Crippen molar-refractivity contribution in [2.24, 2.45) is 7.05 Å². The Kier molecular flexibility index (Phi) is 6.63. The van der Waals surface area contributed by atoms with Gasteiger partial charge in [0.05, 0.1) is 0 Å². The van der Waals surface area contributed by atoms with Crippen molar-refractivity contribution in [3.8, 4) is 0 Å². The number of halogens is 1. The van der Waals surface area contributed by atoms with Crippen LogP contribution in [0.5, 0.6) is 0 Å². The van der Waals surface area contributed by atoms with Crippen molar-refractivity contribution >= 4 is 27.7 Å². The first-order valence-corrected chi connectivity index (χ1v) is 10.1. The van der Waals surface area contributed by atoms with Gasteiger partial charge in [-0.1, -0.05) is 0 Å². The smallest absolute Gasteiger partial charge is 0.267 e. The van der Waals surface area contributed by atoms with Crippen LogP contribution in [0.25, 0.3) is 0 Å². The van der Waals surface area contributed by atoms with Crippen LogP contribution in [0.2, 0.25) is 0 Å². The van der Waals surface area contributed by atoms with Crippen LogP contribution < -0.4 is 10.0 Å². The molecule has 0 spiro atoms. The van der Waals surface area contributed by atoms with Gasteiger partial charge in [-0.2, -0.15) is 0 Å². The van der Waals surface area contributed by atoms with Gasteiger partial charge in [0, 0.05) is 24.7 Å². The van der Waals surface area contributed by atoms with Crippen molar-refractivity contribution in [1.29, 1.82) is 0 Å². The zero-order valence-corrected chi connectivity index (χ0v) is 15.6. The van der Waals surface area contributed by atoms with Gasteiger partial charge in [0.1, 0.15) is 16.4 Å². The van der Waals surface area contributed by atoms with Gasteiger partial charge in [-0.3, -0.25) is 4.79 Å². The molecule has 0 aliphatic rings. The quantitative estimate of drug-likeness (QED) is 0.538. The minimum absolute atomic E-state index is 0.0505. The number of aryl methyl sites for hydroxylation is 1. The lowest BCUT2D eigenvalue weighted by Gasteiger charge is -2.06. The van der Waals surface area contributed by atoms with Crippen LogP contribution in [0, 0.1) is 5.82 Å². The number of amides is 1. The fourth-order valence-corrected chi connectivity index (χ4v) is 3.76. The molecule has 136 valence electrons. The first kappa shape index (κ1) is 19.5. The summed E-state index contributed by atoms with van der Waals surface area (Å²) in [7, 11) is -0.638. The average molecular weight is 385 g/mol. The van der Waals surface area contributed by atoms with Crippen LogP contribution >= 0.6 is 11.8 Å². The maximum atomic E-state index is 12.8. The Hall–Kier alpha value is -1.84. The normalized spacial score (nSPS) is 11.5. The molecule has 2 aromatic rings. The third-order valence-electron chi connectivity index (χ3n) is 3.48. The SMILES string of the molecule is CNS(=O)(=O)c1cc(C(=O)NCCCSc2ccc(F)cc2)n(C)c1. The van der Waals surface area contributed by atoms with E-state index >= 15 is 0 Å². The molecule has 25 heavy (non-hydrogen) atoms. The van der Waals surface area contributed by atoms with Gasteiger partial charge < -0.3 is 9.88 Å². The Morgan fingerprint density at radius 1 is 1.28 bits per heavy atom. The Morgan fingerprint density at radius 3 is 2.60 bits per heavy atom. The molecule has 0 saturated heterocycles. The van der Waals surface area contributed by atoms with Gasteiger partial charge in [-0.15, -0.1) is 11.8 Å². The topological polar surface area (TPSA) is 80.2 Å². The summed E-state index contributed by atoms with van der Waals surface area (Å²) in [6.45, 7) is 0.465. The van der Waals surface area contributed by atoms with E-state index in [4.69, 9.17) is 0 Å². The van der Waals surface area contributed by atoms with Crippen molar-refractivity contribution in [1.82, 2.24) is 14.6 Å². The molecule has 2 rings (SSSR count). The van der Waals surface area contributed by atoms with Crippen LogP contribution in [0.3, 0.4) is 0 Å². The number of sulfonamides is 1. The lowest BCUT2D eigenvalue weighted by molar-refractivity contribution is 0.0945. The molecule has 0 saturated carbocycles. The lowest BCUT2D eigenvalue weighted by atomic mass is 10.3. The van der Waals surface area contributed by atoms with E-state index in [1.54, 1.807) is 30.9 Å². The maximum absolute atomic E-state index is 12.8. The Bertz CT molecular complexity index is 833. The van der Waals surface area contributed by atoms with Crippen molar-refractivity contribution in [2.45, 2.75) is 16.2 Å². The van der Waals surface area contributed by atoms with E-state index in [1.165, 1.54) is 36.0 Å². The highest BCUT2D eigenvalue weighted by molar-refractivity contribution is 7.99. The Balaban J connectivity index is 1.81. The van der Waals surface area contributed by atoms with Gasteiger partial charge in [0.25, 0.3) is 5.91 Å². The lowest BCUT2D eigenvalue weighted by Crippen LogP contribution is -2.26. The van der Waals surface area contributed by atoms with Crippen LogP contribution in [0.15, 0.2) is 46.3 Å². The molecule has 2 N–H and O–H groups in total. The van der Waals surface area contributed by atoms with Crippen molar-refractivity contribution in [2.75, 3.05) is 19.3 Å². The molecule has 1 aromatic carbocycles. The minimum atomic E-state index is -3.58. The van der Waals surface area contributed by atoms with E-state index in [9.17, 15) is 17.6 Å². The van der Waals surface area contributed by atoms with Crippen LogP contribution in [0.1, 0.15) is 16.9 Å². The predicted octanol–water partition coefficient (Wildman–Crippen LogP) is 1.98. The minimum Gasteiger partial charge on any atom is -0.351 e. The summed E-state index contributed by atoms with van der Waals surface area (Å²) in [6, 6.07) is 7.60. The fourth-order valence-electron chi connectivity index (χ4n) is 2.11. The molecule has 0 aliphatic carbocycles. The van der Waals surface area contributed by atoms with Gasteiger partial charge in [-0.05, 0) is 49.6 Å². The van der Waals surface area contributed by atoms with Crippen molar-refractivity contribution < 1.29 is 17.6 Å². The van der Waals surface area contributed by atoms with E-state index in [2.05, 4.69) is 10.0 Å². The summed E-state index contributed by atoms with van der Waals surface area (Å²) in [5.41, 5.74) is 0.278. The number of carbonyl (C=O) groups is 1. The first-order chi connectivity index (χ1) is 11.8. The molecule has 0 bridgehead atoms. The number of hydrogen-bond donors (Lipinski definition) is 2. The molecular formula is C16H20FN3O3S2. The maximum Gasteiger partial charge on any atom is 0.267 e. The van der Waals surface area contributed by atoms with Gasteiger partial charge in [0.2, 0.25) is 10.0 Å². The molecule has 0 unspecified atom stereocenters. The zero-order chi connectivity index (χ0) is 18.4. The molecule has 0 aliphatic heterocycles.